The van der Waals surface area contributed by atoms with Gasteiger partial charge in [0.25, 0.3) is 0 Å². The highest BCUT2D eigenvalue weighted by atomic mass is 28.4. The van der Waals surface area contributed by atoms with Gasteiger partial charge in [-0.1, -0.05) is 32.9 Å². The molecule has 0 aliphatic carbocycles. The Morgan fingerprint density at radius 1 is 1.22 bits per heavy atom. The van der Waals surface area contributed by atoms with E-state index in [0.29, 0.717) is 6.61 Å². The Hall–Kier alpha value is -0.713. The molecular formula is C14H24FNOSi. The molecule has 0 heterocycles. The number of benzene rings is 1. The molecule has 0 spiro atoms. The van der Waals surface area contributed by atoms with Crippen LogP contribution in [0.25, 0.3) is 0 Å². The Balaban J connectivity index is 2.61. The highest BCUT2D eigenvalue weighted by Crippen LogP contribution is 2.36. The lowest BCUT2D eigenvalue weighted by Gasteiger charge is -2.37. The fourth-order valence-corrected chi connectivity index (χ4v) is 2.35. The van der Waals surface area contributed by atoms with Crippen LogP contribution in [0, 0.1) is 5.82 Å². The van der Waals surface area contributed by atoms with E-state index in [1.54, 1.807) is 12.1 Å². The fraction of sp³-hybridized carbons (Fsp3) is 0.571. The minimum absolute atomic E-state index is 0.176. The zero-order valence-electron chi connectivity index (χ0n) is 12.0. The van der Waals surface area contributed by atoms with Crippen LogP contribution >= 0.6 is 0 Å². The van der Waals surface area contributed by atoms with Crippen LogP contribution in [-0.4, -0.2) is 14.9 Å². The van der Waals surface area contributed by atoms with Crippen molar-refractivity contribution in [2.75, 3.05) is 6.61 Å². The van der Waals surface area contributed by atoms with Crippen LogP contribution in [-0.2, 0) is 4.43 Å². The van der Waals surface area contributed by atoms with Crippen LogP contribution in [0.15, 0.2) is 24.3 Å². The number of nitrogens with two attached hydrogens (primary N) is 1. The lowest BCUT2D eigenvalue weighted by atomic mass is 10.1. The van der Waals surface area contributed by atoms with Gasteiger partial charge in [0, 0.05) is 0 Å². The summed E-state index contributed by atoms with van der Waals surface area (Å²) >= 11 is 0. The summed E-state index contributed by atoms with van der Waals surface area (Å²) in [6, 6.07) is 6.10. The highest BCUT2D eigenvalue weighted by Gasteiger charge is 2.37. The molecular weight excluding hydrogens is 245 g/mol. The van der Waals surface area contributed by atoms with Gasteiger partial charge in [-0.15, -0.1) is 0 Å². The molecule has 0 aliphatic heterocycles. The molecule has 2 N–H and O–H groups in total. The minimum Gasteiger partial charge on any atom is -0.415 e. The van der Waals surface area contributed by atoms with Gasteiger partial charge in [0.1, 0.15) is 5.82 Å². The zero-order chi connectivity index (χ0) is 14.0. The third-order valence-corrected chi connectivity index (χ3v) is 8.23. The molecule has 4 heteroatoms. The van der Waals surface area contributed by atoms with Crippen LogP contribution < -0.4 is 5.73 Å². The van der Waals surface area contributed by atoms with Crippen molar-refractivity contribution >= 4 is 8.32 Å². The minimum atomic E-state index is -1.77. The second-order valence-electron chi connectivity index (χ2n) is 6.23. The van der Waals surface area contributed by atoms with Crippen LogP contribution in [0.5, 0.6) is 0 Å². The molecule has 0 aromatic heterocycles. The van der Waals surface area contributed by atoms with E-state index in [4.69, 9.17) is 10.2 Å². The van der Waals surface area contributed by atoms with E-state index in [2.05, 4.69) is 33.9 Å². The monoisotopic (exact) mass is 269 g/mol. The van der Waals surface area contributed by atoms with Gasteiger partial charge in [0.05, 0.1) is 12.6 Å². The van der Waals surface area contributed by atoms with Crippen LogP contribution in [0.4, 0.5) is 4.39 Å². The van der Waals surface area contributed by atoms with Crippen LogP contribution in [0.3, 0.4) is 0 Å². The molecule has 1 rings (SSSR count). The first kappa shape index (κ1) is 15.3. The zero-order valence-corrected chi connectivity index (χ0v) is 13.0. The summed E-state index contributed by atoms with van der Waals surface area (Å²) in [6.45, 7) is 11.5. The second kappa shape index (κ2) is 5.51. The quantitative estimate of drug-likeness (QED) is 0.843. The molecule has 0 saturated carbocycles. The van der Waals surface area contributed by atoms with E-state index in [9.17, 15) is 4.39 Å². The average molecular weight is 269 g/mol. The maximum Gasteiger partial charge on any atom is 0.192 e. The first-order valence-electron chi connectivity index (χ1n) is 6.28. The highest BCUT2D eigenvalue weighted by molar-refractivity contribution is 6.74. The van der Waals surface area contributed by atoms with Crippen molar-refractivity contribution in [3.63, 3.8) is 0 Å². The topological polar surface area (TPSA) is 35.2 Å². The van der Waals surface area contributed by atoms with Crippen molar-refractivity contribution in [2.45, 2.75) is 44.9 Å². The normalized spacial score (nSPS) is 14.6. The van der Waals surface area contributed by atoms with Crippen LogP contribution in [0.2, 0.25) is 18.1 Å². The lowest BCUT2D eigenvalue weighted by Crippen LogP contribution is -2.42. The molecule has 0 radical (unpaired) electrons. The number of halogens is 1. The van der Waals surface area contributed by atoms with Gasteiger partial charge in [-0.05, 0) is 35.8 Å². The Morgan fingerprint density at radius 2 is 1.72 bits per heavy atom. The number of hydrogen-bond acceptors (Lipinski definition) is 2. The van der Waals surface area contributed by atoms with Crippen molar-refractivity contribution in [1.82, 2.24) is 0 Å². The van der Waals surface area contributed by atoms with Crippen molar-refractivity contribution in [3.05, 3.63) is 35.6 Å². The SMILES string of the molecule is CC(C)(C)[Si](C)(C)OCC(N)c1ccc(F)cc1. The standard InChI is InChI=1S/C14H24FNOSi/c1-14(2,3)18(4,5)17-10-13(16)11-6-8-12(15)9-7-11/h6-9,13H,10,16H2,1-5H3. The molecule has 0 bridgehead atoms. The number of hydrogen-bond donors (Lipinski definition) is 1. The Morgan fingerprint density at radius 3 is 2.17 bits per heavy atom. The maximum atomic E-state index is 12.8. The molecule has 0 saturated heterocycles. The van der Waals surface area contributed by atoms with Crippen molar-refractivity contribution in [1.29, 1.82) is 0 Å². The molecule has 0 fully saturated rings. The Bertz CT molecular complexity index is 384. The molecule has 1 unspecified atom stereocenters. The van der Waals surface area contributed by atoms with Crippen molar-refractivity contribution in [2.24, 2.45) is 5.73 Å². The van der Waals surface area contributed by atoms with E-state index in [0.717, 1.165) is 5.56 Å². The first-order chi connectivity index (χ1) is 8.13. The van der Waals surface area contributed by atoms with Gasteiger partial charge in [-0.25, -0.2) is 4.39 Å². The summed E-state index contributed by atoms with van der Waals surface area (Å²) in [6.07, 6.45) is 0. The summed E-state index contributed by atoms with van der Waals surface area (Å²) in [7, 11) is -1.77. The fourth-order valence-electron chi connectivity index (χ4n) is 1.32. The Kier molecular flexibility index (Phi) is 4.70. The number of rotatable bonds is 4. The predicted octanol–water partition coefficient (Wildman–Crippen LogP) is 3.85. The summed E-state index contributed by atoms with van der Waals surface area (Å²) in [5.41, 5.74) is 6.98. The third kappa shape index (κ3) is 3.90. The van der Waals surface area contributed by atoms with E-state index in [1.807, 2.05) is 0 Å². The van der Waals surface area contributed by atoms with Gasteiger partial charge < -0.3 is 10.2 Å². The van der Waals surface area contributed by atoms with Gasteiger partial charge >= 0.3 is 0 Å². The smallest absolute Gasteiger partial charge is 0.192 e. The summed E-state index contributed by atoms with van der Waals surface area (Å²) < 4.78 is 18.9. The first-order valence-corrected chi connectivity index (χ1v) is 9.19. The third-order valence-electron chi connectivity index (χ3n) is 3.73. The second-order valence-corrected chi connectivity index (χ2v) is 11.0. The van der Waals surface area contributed by atoms with Gasteiger partial charge in [-0.3, -0.25) is 0 Å². The molecule has 0 amide bonds. The van der Waals surface area contributed by atoms with Gasteiger partial charge in [0.2, 0.25) is 0 Å². The molecule has 102 valence electrons. The van der Waals surface area contributed by atoms with E-state index < -0.39 is 8.32 Å². The molecule has 1 aromatic rings. The summed E-state index contributed by atoms with van der Waals surface area (Å²) in [5, 5.41) is 0.176. The molecule has 0 aliphatic rings. The average Bonchev–Trinajstić information content (AvgIpc) is 2.25. The van der Waals surface area contributed by atoms with E-state index in [1.165, 1.54) is 12.1 Å². The molecule has 1 aromatic carbocycles. The lowest BCUT2D eigenvalue weighted by molar-refractivity contribution is 0.264. The summed E-state index contributed by atoms with van der Waals surface area (Å²) in [4.78, 5) is 0. The van der Waals surface area contributed by atoms with Gasteiger partial charge in [0.15, 0.2) is 8.32 Å². The predicted molar refractivity (Wildman–Crippen MR) is 76.5 cm³/mol. The van der Waals surface area contributed by atoms with Gasteiger partial charge in [-0.2, -0.15) is 0 Å². The maximum absolute atomic E-state index is 12.8. The van der Waals surface area contributed by atoms with E-state index in [-0.39, 0.29) is 16.9 Å². The van der Waals surface area contributed by atoms with Crippen molar-refractivity contribution < 1.29 is 8.82 Å². The van der Waals surface area contributed by atoms with Crippen LogP contribution in [0.1, 0.15) is 32.4 Å². The summed E-state index contributed by atoms with van der Waals surface area (Å²) in [5.74, 6) is -0.240. The molecule has 1 atom stereocenters. The molecule has 18 heavy (non-hydrogen) atoms. The largest absolute Gasteiger partial charge is 0.415 e. The van der Waals surface area contributed by atoms with E-state index >= 15 is 0 Å². The molecule has 2 nitrogen and oxygen atoms in total. The van der Waals surface area contributed by atoms with Crippen molar-refractivity contribution in [3.8, 4) is 0 Å². The Labute approximate surface area is 110 Å².